The zero-order valence-corrected chi connectivity index (χ0v) is 6.99. The topological polar surface area (TPSA) is 62.1 Å². The lowest BCUT2D eigenvalue weighted by molar-refractivity contribution is 0.148. The molecule has 68 valence electrons. The first-order valence-corrected chi connectivity index (χ1v) is 3.79. The van der Waals surface area contributed by atoms with Gasteiger partial charge in [0, 0.05) is 19.5 Å². The number of rotatable bonds is 0. The summed E-state index contributed by atoms with van der Waals surface area (Å²) in [4.78, 5) is 15.9. The minimum absolute atomic E-state index is 0.461. The molecule has 0 unspecified atom stereocenters. The molecule has 12 heavy (non-hydrogen) atoms. The minimum atomic E-state index is -0.887. The molecule has 0 aromatic rings. The number of ether oxygens (including phenoxy) is 1. The molecule has 5 nitrogen and oxygen atoms in total. The van der Waals surface area contributed by atoms with Gasteiger partial charge in [-0.1, -0.05) is 0 Å². The predicted octanol–water partition coefficient (Wildman–Crippen LogP) is 0.415. The molecule has 0 aromatic heterocycles. The van der Waals surface area contributed by atoms with Gasteiger partial charge in [-0.2, -0.15) is 0 Å². The molecular formula is C7H12N2O3. The van der Waals surface area contributed by atoms with Crippen molar-refractivity contribution in [3.8, 4) is 0 Å². The normalized spacial score (nSPS) is 18.1. The number of hydrogen-bond donors (Lipinski definition) is 1. The maximum absolute atomic E-state index is 10.5. The summed E-state index contributed by atoms with van der Waals surface area (Å²) in [6, 6.07) is 0. The highest BCUT2D eigenvalue weighted by molar-refractivity contribution is 5.77. The van der Waals surface area contributed by atoms with Crippen LogP contribution in [0.4, 0.5) is 4.79 Å². The molecule has 0 spiro atoms. The maximum Gasteiger partial charge on any atom is 0.407 e. The average Bonchev–Trinajstić information content (AvgIpc) is 2.28. The van der Waals surface area contributed by atoms with E-state index < -0.39 is 6.09 Å². The third-order valence-electron chi connectivity index (χ3n) is 1.76. The Kier molecular flexibility index (Phi) is 2.90. The summed E-state index contributed by atoms with van der Waals surface area (Å²) in [6.45, 7) is 1.43. The molecule has 1 aliphatic rings. The van der Waals surface area contributed by atoms with Crippen LogP contribution in [0.1, 0.15) is 6.42 Å². The van der Waals surface area contributed by atoms with Crippen molar-refractivity contribution >= 4 is 12.0 Å². The monoisotopic (exact) mass is 172 g/mol. The molecule has 1 aliphatic heterocycles. The van der Waals surface area contributed by atoms with Crippen LogP contribution >= 0.6 is 0 Å². The first-order valence-electron chi connectivity index (χ1n) is 3.79. The number of methoxy groups -OCH3 is 1. The average molecular weight is 172 g/mol. The van der Waals surface area contributed by atoms with Gasteiger partial charge in [-0.3, -0.25) is 4.99 Å². The summed E-state index contributed by atoms with van der Waals surface area (Å²) >= 11 is 0. The van der Waals surface area contributed by atoms with Gasteiger partial charge in [0.15, 0.2) is 5.90 Å². The van der Waals surface area contributed by atoms with E-state index >= 15 is 0 Å². The number of carbonyl (C=O) groups is 1. The zero-order chi connectivity index (χ0) is 8.97. The molecule has 1 heterocycles. The Bertz CT molecular complexity index is 203. The van der Waals surface area contributed by atoms with E-state index in [0.717, 1.165) is 0 Å². The summed E-state index contributed by atoms with van der Waals surface area (Å²) in [7, 11) is 1.55. The van der Waals surface area contributed by atoms with E-state index in [2.05, 4.69) is 4.99 Å². The molecule has 1 N–H and O–H groups in total. The quantitative estimate of drug-likeness (QED) is 0.575. The third-order valence-corrected chi connectivity index (χ3v) is 1.76. The van der Waals surface area contributed by atoms with Crippen LogP contribution in [0, 0.1) is 0 Å². The molecule has 0 saturated heterocycles. The second-order valence-electron chi connectivity index (χ2n) is 2.50. The van der Waals surface area contributed by atoms with Crippen LogP contribution in [-0.4, -0.2) is 48.7 Å². The SMILES string of the molecule is COC1=NCCN(C(=O)O)CC1. The van der Waals surface area contributed by atoms with Gasteiger partial charge in [-0.25, -0.2) is 4.79 Å². The van der Waals surface area contributed by atoms with E-state index in [1.807, 2.05) is 0 Å². The van der Waals surface area contributed by atoms with Gasteiger partial charge in [-0.15, -0.1) is 0 Å². The first-order chi connectivity index (χ1) is 5.74. The lowest BCUT2D eigenvalue weighted by Crippen LogP contribution is -2.31. The molecular weight excluding hydrogens is 160 g/mol. The fourth-order valence-corrected chi connectivity index (χ4v) is 1.07. The lowest BCUT2D eigenvalue weighted by atomic mass is 10.4. The summed E-state index contributed by atoms with van der Waals surface area (Å²) < 4.78 is 4.93. The maximum atomic E-state index is 10.5. The molecule has 1 amide bonds. The Hall–Kier alpha value is -1.26. The van der Waals surface area contributed by atoms with Gasteiger partial charge in [-0.05, 0) is 0 Å². The predicted molar refractivity (Wildman–Crippen MR) is 43.5 cm³/mol. The standard InChI is InChI=1S/C7H12N2O3/c1-12-6-2-4-9(7(10)11)5-3-8-6/h2-5H2,1H3,(H,10,11). The minimum Gasteiger partial charge on any atom is -0.484 e. The largest absolute Gasteiger partial charge is 0.484 e. The van der Waals surface area contributed by atoms with E-state index in [-0.39, 0.29) is 0 Å². The van der Waals surface area contributed by atoms with Crippen LogP contribution in [-0.2, 0) is 4.74 Å². The number of hydrogen-bond acceptors (Lipinski definition) is 3. The number of aliphatic imine (C=N–C) groups is 1. The van der Waals surface area contributed by atoms with Gasteiger partial charge >= 0.3 is 6.09 Å². The number of nitrogens with zero attached hydrogens (tertiary/aromatic N) is 2. The van der Waals surface area contributed by atoms with Gasteiger partial charge in [0.05, 0.1) is 13.7 Å². The van der Waals surface area contributed by atoms with E-state index in [0.29, 0.717) is 32.0 Å². The van der Waals surface area contributed by atoms with Crippen molar-refractivity contribution in [2.75, 3.05) is 26.7 Å². The third kappa shape index (κ3) is 2.11. The van der Waals surface area contributed by atoms with Crippen LogP contribution in [0.5, 0.6) is 0 Å². The van der Waals surface area contributed by atoms with Crippen LogP contribution in [0.3, 0.4) is 0 Å². The highest BCUT2D eigenvalue weighted by Crippen LogP contribution is 2.00. The van der Waals surface area contributed by atoms with Gasteiger partial charge in [0.2, 0.25) is 0 Å². The van der Waals surface area contributed by atoms with Gasteiger partial charge in [0.1, 0.15) is 0 Å². The van der Waals surface area contributed by atoms with Crippen molar-refractivity contribution in [3.63, 3.8) is 0 Å². The van der Waals surface area contributed by atoms with Gasteiger partial charge in [0.25, 0.3) is 0 Å². The molecule has 0 aromatic carbocycles. The molecule has 1 rings (SSSR count). The summed E-state index contributed by atoms with van der Waals surface area (Å²) in [5, 5.41) is 8.66. The Labute approximate surface area is 70.6 Å². The van der Waals surface area contributed by atoms with Crippen molar-refractivity contribution < 1.29 is 14.6 Å². The van der Waals surface area contributed by atoms with E-state index in [4.69, 9.17) is 9.84 Å². The smallest absolute Gasteiger partial charge is 0.407 e. The molecule has 0 fully saturated rings. The molecule has 0 atom stereocenters. The molecule has 5 heteroatoms. The highest BCUT2D eigenvalue weighted by Gasteiger charge is 2.15. The number of carboxylic acid groups (broad SMARTS) is 1. The second-order valence-corrected chi connectivity index (χ2v) is 2.50. The Balaban J connectivity index is 2.47. The van der Waals surface area contributed by atoms with E-state index in [9.17, 15) is 4.79 Å². The zero-order valence-electron chi connectivity index (χ0n) is 6.99. The second kappa shape index (κ2) is 3.94. The Morgan fingerprint density at radius 1 is 1.67 bits per heavy atom. The molecule has 0 bridgehead atoms. The molecule has 0 radical (unpaired) electrons. The molecule has 0 saturated carbocycles. The van der Waals surface area contributed by atoms with E-state index in [1.54, 1.807) is 7.11 Å². The van der Waals surface area contributed by atoms with Crippen LogP contribution in [0.15, 0.2) is 4.99 Å². The van der Waals surface area contributed by atoms with Crippen molar-refractivity contribution in [3.05, 3.63) is 0 Å². The van der Waals surface area contributed by atoms with Crippen LogP contribution < -0.4 is 0 Å². The van der Waals surface area contributed by atoms with Crippen LogP contribution in [0.25, 0.3) is 0 Å². The summed E-state index contributed by atoms with van der Waals surface area (Å²) in [5.74, 6) is 0.638. The van der Waals surface area contributed by atoms with Crippen LogP contribution in [0.2, 0.25) is 0 Å². The summed E-state index contributed by atoms with van der Waals surface area (Å²) in [5.41, 5.74) is 0. The number of amides is 1. The highest BCUT2D eigenvalue weighted by atomic mass is 16.5. The van der Waals surface area contributed by atoms with Crippen molar-refractivity contribution in [2.24, 2.45) is 4.99 Å². The van der Waals surface area contributed by atoms with Gasteiger partial charge < -0.3 is 14.7 Å². The molecule has 0 aliphatic carbocycles. The lowest BCUT2D eigenvalue weighted by Gasteiger charge is -2.14. The fraction of sp³-hybridized carbons (Fsp3) is 0.714. The fourth-order valence-electron chi connectivity index (χ4n) is 1.07. The van der Waals surface area contributed by atoms with Crippen molar-refractivity contribution in [1.29, 1.82) is 0 Å². The van der Waals surface area contributed by atoms with Crippen molar-refractivity contribution in [1.82, 2.24) is 4.90 Å². The first kappa shape index (κ1) is 8.83. The Morgan fingerprint density at radius 3 is 3.00 bits per heavy atom. The van der Waals surface area contributed by atoms with Crippen molar-refractivity contribution in [2.45, 2.75) is 6.42 Å². The summed E-state index contributed by atoms with van der Waals surface area (Å²) in [6.07, 6.45) is -0.314. The Morgan fingerprint density at radius 2 is 2.42 bits per heavy atom. The van der Waals surface area contributed by atoms with E-state index in [1.165, 1.54) is 4.90 Å².